The van der Waals surface area contributed by atoms with Crippen molar-refractivity contribution in [3.63, 3.8) is 0 Å². The van der Waals surface area contributed by atoms with E-state index in [0.717, 1.165) is 34.2 Å². The van der Waals surface area contributed by atoms with Gasteiger partial charge in [-0.25, -0.2) is 17.8 Å². The van der Waals surface area contributed by atoms with Gasteiger partial charge in [-0.2, -0.15) is 0 Å². The van der Waals surface area contributed by atoms with Gasteiger partial charge in [-0.1, -0.05) is 42.5 Å². The molecule has 1 heterocycles. The normalized spacial score (nSPS) is 11.5. The minimum atomic E-state index is -3.67. The molecule has 8 heteroatoms. The zero-order chi connectivity index (χ0) is 21.1. The summed E-state index contributed by atoms with van der Waals surface area (Å²) in [7, 11) is -3.67. The minimum Gasteiger partial charge on any atom is -0.302 e. The molecule has 0 aliphatic carbocycles. The van der Waals surface area contributed by atoms with Crippen molar-refractivity contribution in [3.8, 4) is 11.3 Å². The van der Waals surface area contributed by atoms with Gasteiger partial charge in [0.1, 0.15) is 5.82 Å². The van der Waals surface area contributed by atoms with Gasteiger partial charge in [-0.05, 0) is 35.0 Å². The summed E-state index contributed by atoms with van der Waals surface area (Å²) >= 11 is 1.28. The topological polar surface area (TPSA) is 76.1 Å². The number of hydrogen-bond acceptors (Lipinski definition) is 5. The van der Waals surface area contributed by atoms with Crippen LogP contribution in [0.2, 0.25) is 0 Å². The molecule has 4 aromatic rings. The molecule has 5 nitrogen and oxygen atoms in total. The molecule has 30 heavy (non-hydrogen) atoms. The first-order valence-corrected chi connectivity index (χ1v) is 11.7. The monoisotopic (exact) mass is 440 g/mol. The number of aromatic nitrogens is 1. The number of anilines is 1. The van der Waals surface area contributed by atoms with E-state index in [0.29, 0.717) is 5.13 Å². The molecule has 0 fully saturated rings. The quantitative estimate of drug-likeness (QED) is 0.433. The van der Waals surface area contributed by atoms with Crippen molar-refractivity contribution >= 4 is 43.0 Å². The van der Waals surface area contributed by atoms with E-state index < -0.39 is 21.6 Å². The number of carbonyl (C=O) groups is 1. The van der Waals surface area contributed by atoms with Gasteiger partial charge < -0.3 is 5.32 Å². The van der Waals surface area contributed by atoms with Crippen LogP contribution in [0.5, 0.6) is 0 Å². The Kier molecular flexibility index (Phi) is 5.61. The fraction of sp³-hybridized carbons (Fsp3) is 0.0909. The second kappa shape index (κ2) is 8.33. The summed E-state index contributed by atoms with van der Waals surface area (Å²) in [5, 5.41) is 7.08. The number of rotatable bonds is 6. The highest BCUT2D eigenvalue weighted by molar-refractivity contribution is 7.91. The number of sulfone groups is 1. The van der Waals surface area contributed by atoms with Crippen LogP contribution in [-0.4, -0.2) is 25.1 Å². The number of nitrogens with zero attached hydrogens (tertiary/aromatic N) is 1. The van der Waals surface area contributed by atoms with Gasteiger partial charge in [-0.3, -0.25) is 4.79 Å². The molecule has 0 aliphatic heterocycles. The number of thiazole rings is 1. The molecule has 3 aromatic carbocycles. The van der Waals surface area contributed by atoms with Crippen LogP contribution in [0.1, 0.15) is 6.42 Å². The summed E-state index contributed by atoms with van der Waals surface area (Å²) < 4.78 is 37.6. The Bertz CT molecular complexity index is 1310. The van der Waals surface area contributed by atoms with Crippen molar-refractivity contribution in [2.24, 2.45) is 0 Å². The molecule has 1 N–H and O–H groups in total. The molecule has 0 atom stereocenters. The first-order valence-electron chi connectivity index (χ1n) is 9.14. The zero-order valence-corrected chi connectivity index (χ0v) is 17.3. The molecule has 1 amide bonds. The van der Waals surface area contributed by atoms with Crippen molar-refractivity contribution in [2.75, 3.05) is 11.1 Å². The van der Waals surface area contributed by atoms with Crippen LogP contribution in [0.15, 0.2) is 77.0 Å². The SMILES string of the molecule is O=C(CCS(=O)(=O)c1ccc(F)cc1)Nc1nc(-c2cccc3ccccc23)cs1. The molecule has 0 spiro atoms. The molecule has 0 unspecified atom stereocenters. The van der Waals surface area contributed by atoms with Crippen LogP contribution < -0.4 is 5.32 Å². The lowest BCUT2D eigenvalue weighted by molar-refractivity contribution is -0.115. The molecule has 152 valence electrons. The number of carbonyl (C=O) groups excluding carboxylic acids is 1. The Labute approximate surface area is 177 Å². The summed E-state index contributed by atoms with van der Waals surface area (Å²) in [6, 6.07) is 18.5. The summed E-state index contributed by atoms with van der Waals surface area (Å²) in [5.41, 5.74) is 1.70. The van der Waals surface area contributed by atoms with E-state index >= 15 is 0 Å². The van der Waals surface area contributed by atoms with Gasteiger partial charge in [0.2, 0.25) is 5.91 Å². The molecular weight excluding hydrogens is 423 g/mol. The third-order valence-electron chi connectivity index (χ3n) is 4.59. The van der Waals surface area contributed by atoms with Gasteiger partial charge in [-0.15, -0.1) is 11.3 Å². The lowest BCUT2D eigenvalue weighted by Crippen LogP contribution is -2.17. The lowest BCUT2D eigenvalue weighted by atomic mass is 10.0. The molecule has 0 radical (unpaired) electrons. The van der Waals surface area contributed by atoms with Crippen LogP contribution in [-0.2, 0) is 14.6 Å². The highest BCUT2D eigenvalue weighted by atomic mass is 32.2. The summed E-state index contributed by atoms with van der Waals surface area (Å²) in [4.78, 5) is 16.7. The minimum absolute atomic E-state index is 0.0100. The van der Waals surface area contributed by atoms with E-state index in [2.05, 4.69) is 10.3 Å². The Hall–Kier alpha value is -3.10. The zero-order valence-electron chi connectivity index (χ0n) is 15.7. The van der Waals surface area contributed by atoms with Gasteiger partial charge in [0.05, 0.1) is 16.3 Å². The Morgan fingerprint density at radius 2 is 1.73 bits per heavy atom. The van der Waals surface area contributed by atoms with Crippen molar-refractivity contribution in [1.82, 2.24) is 4.98 Å². The number of amides is 1. The molecule has 4 rings (SSSR count). The second-order valence-corrected chi connectivity index (χ2v) is 9.60. The van der Waals surface area contributed by atoms with Crippen molar-refractivity contribution in [2.45, 2.75) is 11.3 Å². The lowest BCUT2D eigenvalue weighted by Gasteiger charge is -2.05. The summed E-state index contributed by atoms with van der Waals surface area (Å²) in [6.45, 7) is 0. The summed E-state index contributed by atoms with van der Waals surface area (Å²) in [5.74, 6) is -1.33. The maximum absolute atomic E-state index is 13.0. The van der Waals surface area contributed by atoms with Crippen LogP contribution in [0.3, 0.4) is 0 Å². The van der Waals surface area contributed by atoms with E-state index in [9.17, 15) is 17.6 Å². The predicted octanol–water partition coefficient (Wildman–Crippen LogP) is 4.90. The predicted molar refractivity (Wildman–Crippen MR) is 117 cm³/mol. The number of nitrogens with one attached hydrogen (secondary N) is 1. The molecule has 1 aromatic heterocycles. The van der Waals surface area contributed by atoms with Crippen molar-refractivity contribution in [1.29, 1.82) is 0 Å². The van der Waals surface area contributed by atoms with Gasteiger partial charge >= 0.3 is 0 Å². The first-order chi connectivity index (χ1) is 14.4. The fourth-order valence-electron chi connectivity index (χ4n) is 3.07. The van der Waals surface area contributed by atoms with E-state index in [4.69, 9.17) is 0 Å². The molecule has 0 bridgehead atoms. The van der Waals surface area contributed by atoms with Gasteiger partial charge in [0.15, 0.2) is 15.0 Å². The third-order valence-corrected chi connectivity index (χ3v) is 7.08. The standard InChI is InChI=1S/C22H17FN2O3S2/c23-16-8-10-17(11-9-16)30(27,28)13-12-21(26)25-22-24-20(14-29-22)19-7-3-5-15-4-1-2-6-18(15)19/h1-11,14H,12-13H2,(H,24,25,26). The van der Waals surface area contributed by atoms with Crippen LogP contribution in [0.4, 0.5) is 9.52 Å². The highest BCUT2D eigenvalue weighted by Crippen LogP contribution is 2.31. The molecular formula is C22H17FN2O3S2. The van der Waals surface area contributed by atoms with Crippen LogP contribution >= 0.6 is 11.3 Å². The largest absolute Gasteiger partial charge is 0.302 e. The number of fused-ring (bicyclic) bond motifs is 1. The second-order valence-electron chi connectivity index (χ2n) is 6.64. The molecule has 0 saturated heterocycles. The van der Waals surface area contributed by atoms with E-state index in [1.165, 1.54) is 23.5 Å². The maximum Gasteiger partial charge on any atom is 0.227 e. The first kappa shape index (κ1) is 20.2. The summed E-state index contributed by atoms with van der Waals surface area (Å²) in [6.07, 6.45) is -0.219. The molecule has 0 saturated carbocycles. The van der Waals surface area contributed by atoms with E-state index in [-0.39, 0.29) is 17.1 Å². The van der Waals surface area contributed by atoms with Crippen molar-refractivity contribution < 1.29 is 17.6 Å². The average molecular weight is 441 g/mol. The van der Waals surface area contributed by atoms with E-state index in [1.54, 1.807) is 0 Å². The highest BCUT2D eigenvalue weighted by Gasteiger charge is 2.17. The number of hydrogen-bond donors (Lipinski definition) is 1. The fourth-order valence-corrected chi connectivity index (χ4v) is 5.04. The number of benzene rings is 3. The van der Waals surface area contributed by atoms with Crippen molar-refractivity contribution in [3.05, 3.63) is 77.9 Å². The Morgan fingerprint density at radius 3 is 2.53 bits per heavy atom. The third kappa shape index (κ3) is 4.39. The maximum atomic E-state index is 13.0. The molecule has 0 aliphatic rings. The smallest absolute Gasteiger partial charge is 0.227 e. The van der Waals surface area contributed by atoms with Crippen LogP contribution in [0, 0.1) is 5.82 Å². The Morgan fingerprint density at radius 1 is 1.00 bits per heavy atom. The average Bonchev–Trinajstić information content (AvgIpc) is 3.20. The van der Waals surface area contributed by atoms with Gasteiger partial charge in [0, 0.05) is 17.4 Å². The van der Waals surface area contributed by atoms with E-state index in [1.807, 2.05) is 47.8 Å². The van der Waals surface area contributed by atoms with Crippen LogP contribution in [0.25, 0.3) is 22.0 Å². The van der Waals surface area contributed by atoms with Gasteiger partial charge in [0.25, 0.3) is 0 Å². The number of halogens is 1. The Balaban J connectivity index is 1.43.